The molecule has 1 aromatic rings. The lowest BCUT2D eigenvalue weighted by Gasteiger charge is -1.99. The van der Waals surface area contributed by atoms with Gasteiger partial charge < -0.3 is 5.11 Å². The van der Waals surface area contributed by atoms with Crippen LogP contribution in [0.2, 0.25) is 0 Å². The summed E-state index contributed by atoms with van der Waals surface area (Å²) in [6.07, 6.45) is 0.602. The number of carbonyl (C=O) groups is 1. The molecule has 0 radical (unpaired) electrons. The van der Waals surface area contributed by atoms with E-state index >= 15 is 0 Å². The molecule has 0 heterocycles. The molecule has 5 nitrogen and oxygen atoms in total. The first-order valence-corrected chi connectivity index (χ1v) is 3.56. The summed E-state index contributed by atoms with van der Waals surface area (Å²) in [4.78, 5) is 13.0. The lowest BCUT2D eigenvalue weighted by Crippen LogP contribution is -1.85. The van der Waals surface area contributed by atoms with Crippen LogP contribution in [0.25, 0.3) is 10.4 Å². The van der Waals surface area contributed by atoms with E-state index in [1.54, 1.807) is 6.07 Å². The number of hydrogen-bond acceptors (Lipinski definition) is 3. The third kappa shape index (κ3) is 2.05. The molecule has 0 atom stereocenters. The van der Waals surface area contributed by atoms with Gasteiger partial charge in [-0.05, 0) is 17.2 Å². The highest BCUT2D eigenvalue weighted by Gasteiger charge is 2.00. The normalized spacial score (nSPS) is 9.00. The van der Waals surface area contributed by atoms with Gasteiger partial charge in [0.2, 0.25) is 0 Å². The van der Waals surface area contributed by atoms with Gasteiger partial charge in [-0.25, -0.2) is 0 Å². The van der Waals surface area contributed by atoms with E-state index in [4.69, 9.17) is 10.6 Å². The molecular formula is C8H7N3O2. The van der Waals surface area contributed by atoms with Gasteiger partial charge in [-0.2, -0.15) is 0 Å². The van der Waals surface area contributed by atoms with Crippen LogP contribution in [0.15, 0.2) is 23.3 Å². The van der Waals surface area contributed by atoms with Gasteiger partial charge in [0.1, 0.15) is 0 Å². The van der Waals surface area contributed by atoms with E-state index in [9.17, 15) is 4.79 Å². The minimum Gasteiger partial charge on any atom is -0.392 e. The average molecular weight is 177 g/mol. The first-order valence-electron chi connectivity index (χ1n) is 3.56. The van der Waals surface area contributed by atoms with Gasteiger partial charge >= 0.3 is 0 Å². The van der Waals surface area contributed by atoms with Gasteiger partial charge in [0, 0.05) is 16.2 Å². The zero-order valence-electron chi connectivity index (χ0n) is 6.71. The van der Waals surface area contributed by atoms with E-state index in [1.165, 1.54) is 12.1 Å². The lowest BCUT2D eigenvalue weighted by atomic mass is 10.1. The third-order valence-corrected chi connectivity index (χ3v) is 1.56. The van der Waals surface area contributed by atoms with E-state index in [0.29, 0.717) is 17.4 Å². The minimum absolute atomic E-state index is 0.146. The quantitative estimate of drug-likeness (QED) is 0.331. The summed E-state index contributed by atoms with van der Waals surface area (Å²) in [5.41, 5.74) is 9.34. The van der Waals surface area contributed by atoms with Crippen LogP contribution >= 0.6 is 0 Å². The van der Waals surface area contributed by atoms with Crippen molar-refractivity contribution in [1.82, 2.24) is 0 Å². The number of azide groups is 1. The van der Waals surface area contributed by atoms with E-state index in [2.05, 4.69) is 10.0 Å². The van der Waals surface area contributed by atoms with E-state index in [1.807, 2.05) is 0 Å². The first-order chi connectivity index (χ1) is 6.31. The molecule has 0 unspecified atom stereocenters. The second kappa shape index (κ2) is 4.25. The van der Waals surface area contributed by atoms with E-state index < -0.39 is 0 Å². The number of aliphatic hydroxyl groups is 1. The van der Waals surface area contributed by atoms with Crippen LogP contribution in [-0.4, -0.2) is 11.4 Å². The highest BCUT2D eigenvalue weighted by atomic mass is 16.3. The molecule has 5 heteroatoms. The maximum atomic E-state index is 10.5. The fraction of sp³-hybridized carbons (Fsp3) is 0.125. The van der Waals surface area contributed by atoms with Crippen LogP contribution in [0.5, 0.6) is 0 Å². The summed E-state index contributed by atoms with van der Waals surface area (Å²) in [5, 5.41) is 12.1. The van der Waals surface area contributed by atoms with Gasteiger partial charge in [-0.1, -0.05) is 17.2 Å². The monoisotopic (exact) mass is 177 g/mol. The minimum atomic E-state index is -0.146. The number of aldehydes is 1. The number of rotatable bonds is 3. The number of hydrogen-bond donors (Lipinski definition) is 1. The molecule has 0 fully saturated rings. The summed E-state index contributed by atoms with van der Waals surface area (Å²) in [6.45, 7) is -0.146. The Kier molecular flexibility index (Phi) is 3.03. The predicted molar refractivity (Wildman–Crippen MR) is 46.6 cm³/mol. The van der Waals surface area contributed by atoms with Gasteiger partial charge in [-0.3, -0.25) is 4.79 Å². The Morgan fingerprint density at radius 3 is 2.92 bits per heavy atom. The Balaban J connectivity index is 3.24. The summed E-state index contributed by atoms with van der Waals surface area (Å²) < 4.78 is 0. The largest absolute Gasteiger partial charge is 0.392 e. The highest BCUT2D eigenvalue weighted by molar-refractivity contribution is 5.82. The van der Waals surface area contributed by atoms with Crippen LogP contribution in [0.4, 0.5) is 5.69 Å². The number of nitrogens with zero attached hydrogens (tertiary/aromatic N) is 3. The molecule has 0 amide bonds. The fourth-order valence-electron chi connectivity index (χ4n) is 0.922. The van der Waals surface area contributed by atoms with Crippen molar-refractivity contribution in [2.24, 2.45) is 5.11 Å². The highest BCUT2D eigenvalue weighted by Crippen LogP contribution is 2.19. The van der Waals surface area contributed by atoms with Crippen LogP contribution in [-0.2, 0) is 6.61 Å². The van der Waals surface area contributed by atoms with Gasteiger partial charge in [0.15, 0.2) is 6.29 Å². The molecule has 0 aromatic heterocycles. The van der Waals surface area contributed by atoms with Crippen molar-refractivity contribution in [3.63, 3.8) is 0 Å². The van der Waals surface area contributed by atoms with Gasteiger partial charge in [0.05, 0.1) is 6.61 Å². The molecule has 0 aliphatic heterocycles. The second-order valence-electron chi connectivity index (χ2n) is 2.36. The SMILES string of the molecule is [N-]=[N+]=Nc1cc(CO)ccc1C=O. The molecular weight excluding hydrogens is 170 g/mol. The maximum Gasteiger partial charge on any atom is 0.150 e. The molecule has 13 heavy (non-hydrogen) atoms. The molecule has 66 valence electrons. The van der Waals surface area contributed by atoms with Crippen molar-refractivity contribution in [2.45, 2.75) is 6.61 Å². The van der Waals surface area contributed by atoms with Crippen molar-refractivity contribution in [3.05, 3.63) is 39.8 Å². The van der Waals surface area contributed by atoms with Gasteiger partial charge in [-0.15, -0.1) is 0 Å². The number of benzene rings is 1. The molecule has 1 N–H and O–H groups in total. The molecule has 0 spiro atoms. The average Bonchev–Trinajstić information content (AvgIpc) is 2.18. The molecule has 0 saturated carbocycles. The molecule has 0 aliphatic rings. The molecule has 0 bridgehead atoms. The standard InChI is InChI=1S/C8H7N3O2/c9-11-10-8-3-6(4-12)1-2-7(8)5-13/h1-3,5,12H,4H2. The van der Waals surface area contributed by atoms with Crippen molar-refractivity contribution in [1.29, 1.82) is 0 Å². The molecule has 1 aromatic carbocycles. The second-order valence-corrected chi connectivity index (χ2v) is 2.36. The fourth-order valence-corrected chi connectivity index (χ4v) is 0.922. The first kappa shape index (κ1) is 9.25. The zero-order chi connectivity index (χ0) is 9.68. The van der Waals surface area contributed by atoms with Crippen molar-refractivity contribution in [3.8, 4) is 0 Å². The Hall–Kier alpha value is -1.84. The molecule has 1 rings (SSSR count). The van der Waals surface area contributed by atoms with E-state index in [-0.39, 0.29) is 12.3 Å². The summed E-state index contributed by atoms with van der Waals surface area (Å²) in [5.74, 6) is 0. The summed E-state index contributed by atoms with van der Waals surface area (Å²) in [6, 6.07) is 4.58. The topological polar surface area (TPSA) is 86.1 Å². The summed E-state index contributed by atoms with van der Waals surface area (Å²) in [7, 11) is 0. The number of aliphatic hydroxyl groups excluding tert-OH is 1. The third-order valence-electron chi connectivity index (χ3n) is 1.56. The van der Waals surface area contributed by atoms with Crippen molar-refractivity contribution >= 4 is 12.0 Å². The van der Waals surface area contributed by atoms with Crippen LogP contribution in [0.3, 0.4) is 0 Å². The smallest absolute Gasteiger partial charge is 0.150 e. The van der Waals surface area contributed by atoms with Crippen molar-refractivity contribution in [2.75, 3.05) is 0 Å². The zero-order valence-corrected chi connectivity index (χ0v) is 6.71. The Morgan fingerprint density at radius 1 is 1.62 bits per heavy atom. The lowest BCUT2D eigenvalue weighted by molar-refractivity contribution is 0.112. The van der Waals surface area contributed by atoms with Crippen LogP contribution in [0.1, 0.15) is 15.9 Å². The van der Waals surface area contributed by atoms with E-state index in [0.717, 1.165) is 0 Å². The Bertz CT molecular complexity index is 370. The number of carbonyl (C=O) groups excluding carboxylic acids is 1. The van der Waals surface area contributed by atoms with Crippen LogP contribution < -0.4 is 0 Å². The summed E-state index contributed by atoms with van der Waals surface area (Å²) >= 11 is 0. The molecule has 0 saturated heterocycles. The Labute approximate surface area is 74.3 Å². The van der Waals surface area contributed by atoms with Crippen LogP contribution in [0, 0.1) is 0 Å². The Morgan fingerprint density at radius 2 is 2.38 bits per heavy atom. The van der Waals surface area contributed by atoms with Crippen molar-refractivity contribution < 1.29 is 9.90 Å². The van der Waals surface area contributed by atoms with Gasteiger partial charge in [0.25, 0.3) is 0 Å². The maximum absolute atomic E-state index is 10.5. The predicted octanol–water partition coefficient (Wildman–Crippen LogP) is 1.93. The molecule has 0 aliphatic carbocycles.